The molecule has 0 radical (unpaired) electrons. The molecule has 0 amide bonds. The molecule has 2 aliphatic heterocycles. The van der Waals surface area contributed by atoms with E-state index in [9.17, 15) is 0 Å². The number of amidine groups is 1. The molecule has 2 heterocycles. The molecule has 0 unspecified atom stereocenters. The molecule has 0 aromatic heterocycles. The van der Waals surface area contributed by atoms with Crippen LogP contribution in [-0.4, -0.2) is 57.5 Å². The zero-order chi connectivity index (χ0) is 12.8. The molecule has 18 heavy (non-hydrogen) atoms. The van der Waals surface area contributed by atoms with Gasteiger partial charge in [0.05, 0.1) is 12.4 Å². The van der Waals surface area contributed by atoms with Gasteiger partial charge in [-0.2, -0.15) is 0 Å². The monoisotopic (exact) mass is 255 g/mol. The standard InChI is InChI=1S/C13H25N3O2/c1-17-13(18-2)16-9-5-11(6-10-16)3-4-12-14-7-8-15-12/h11,13H,3-10H2,1-2H3,(H,14,15). The molecule has 2 rings (SSSR count). The molecule has 1 N–H and O–H groups in total. The fourth-order valence-electron chi connectivity index (χ4n) is 2.80. The summed E-state index contributed by atoms with van der Waals surface area (Å²) in [6.07, 6.45) is 4.66. The van der Waals surface area contributed by atoms with Crippen molar-refractivity contribution < 1.29 is 9.47 Å². The van der Waals surface area contributed by atoms with Crippen LogP contribution < -0.4 is 5.32 Å². The van der Waals surface area contributed by atoms with Gasteiger partial charge in [0.1, 0.15) is 0 Å². The van der Waals surface area contributed by atoms with E-state index in [2.05, 4.69) is 15.2 Å². The van der Waals surface area contributed by atoms with Gasteiger partial charge in [-0.1, -0.05) is 0 Å². The Kier molecular flexibility index (Phi) is 5.41. The highest BCUT2D eigenvalue weighted by Crippen LogP contribution is 2.23. The van der Waals surface area contributed by atoms with Crippen LogP contribution in [0.4, 0.5) is 0 Å². The van der Waals surface area contributed by atoms with Crippen molar-refractivity contribution >= 4 is 5.84 Å². The molecule has 0 atom stereocenters. The van der Waals surface area contributed by atoms with Crippen molar-refractivity contribution in [2.24, 2.45) is 10.9 Å². The predicted molar refractivity (Wildman–Crippen MR) is 71.6 cm³/mol. The van der Waals surface area contributed by atoms with Crippen molar-refractivity contribution in [2.75, 3.05) is 40.4 Å². The number of ether oxygens (including phenoxy) is 2. The second kappa shape index (κ2) is 7.07. The van der Waals surface area contributed by atoms with Gasteiger partial charge in [0.2, 0.25) is 6.41 Å². The Labute approximate surface area is 110 Å². The summed E-state index contributed by atoms with van der Waals surface area (Å²) < 4.78 is 10.6. The Balaban J connectivity index is 1.66. The average Bonchev–Trinajstić information content (AvgIpc) is 2.92. The topological polar surface area (TPSA) is 46.1 Å². The maximum atomic E-state index is 5.29. The molecule has 5 heteroatoms. The summed E-state index contributed by atoms with van der Waals surface area (Å²) in [6, 6.07) is 0. The normalized spacial score (nSPS) is 22.3. The Morgan fingerprint density at radius 1 is 1.33 bits per heavy atom. The van der Waals surface area contributed by atoms with Crippen molar-refractivity contribution in [3.8, 4) is 0 Å². The number of aliphatic imine (C=N–C) groups is 1. The fourth-order valence-corrected chi connectivity index (χ4v) is 2.80. The summed E-state index contributed by atoms with van der Waals surface area (Å²) in [5, 5.41) is 3.34. The van der Waals surface area contributed by atoms with Gasteiger partial charge in [0.25, 0.3) is 0 Å². The SMILES string of the molecule is COC(OC)N1CCC(CCC2=NCCN2)CC1. The number of nitrogens with one attached hydrogen (secondary N) is 1. The smallest absolute Gasteiger partial charge is 0.218 e. The summed E-state index contributed by atoms with van der Waals surface area (Å²) in [4.78, 5) is 6.71. The van der Waals surface area contributed by atoms with Crippen LogP contribution in [0.25, 0.3) is 0 Å². The number of methoxy groups -OCH3 is 2. The zero-order valence-electron chi connectivity index (χ0n) is 11.5. The third-order valence-electron chi connectivity index (χ3n) is 3.88. The second-order valence-electron chi connectivity index (χ2n) is 5.05. The number of rotatable bonds is 6. The lowest BCUT2D eigenvalue weighted by Gasteiger charge is -2.35. The lowest BCUT2D eigenvalue weighted by molar-refractivity contribution is -0.202. The molecule has 0 aromatic rings. The Morgan fingerprint density at radius 3 is 2.61 bits per heavy atom. The largest absolute Gasteiger partial charge is 0.372 e. The molecule has 1 fully saturated rings. The maximum Gasteiger partial charge on any atom is 0.218 e. The molecule has 104 valence electrons. The molecular weight excluding hydrogens is 230 g/mol. The molecule has 0 aliphatic carbocycles. The summed E-state index contributed by atoms with van der Waals surface area (Å²) >= 11 is 0. The summed E-state index contributed by atoms with van der Waals surface area (Å²) in [7, 11) is 3.40. The molecule has 2 aliphatic rings. The van der Waals surface area contributed by atoms with Gasteiger partial charge in [0, 0.05) is 40.3 Å². The van der Waals surface area contributed by atoms with Crippen LogP contribution in [0.15, 0.2) is 4.99 Å². The lowest BCUT2D eigenvalue weighted by atomic mass is 9.92. The molecule has 0 aromatic carbocycles. The molecular formula is C13H25N3O2. The third kappa shape index (κ3) is 3.67. The average molecular weight is 255 g/mol. The van der Waals surface area contributed by atoms with Crippen molar-refractivity contribution in [1.82, 2.24) is 10.2 Å². The lowest BCUT2D eigenvalue weighted by Crippen LogP contribution is -2.43. The molecule has 0 saturated carbocycles. The van der Waals surface area contributed by atoms with E-state index in [4.69, 9.17) is 9.47 Å². The van der Waals surface area contributed by atoms with Crippen LogP contribution in [0.3, 0.4) is 0 Å². The molecule has 1 saturated heterocycles. The number of nitrogens with zero attached hydrogens (tertiary/aromatic N) is 2. The van der Waals surface area contributed by atoms with Crippen LogP contribution in [0.5, 0.6) is 0 Å². The number of likely N-dealkylation sites (tertiary alicyclic amines) is 1. The quantitative estimate of drug-likeness (QED) is 0.721. The first kappa shape index (κ1) is 13.8. The van der Waals surface area contributed by atoms with Crippen molar-refractivity contribution in [2.45, 2.75) is 32.1 Å². The molecule has 0 spiro atoms. The van der Waals surface area contributed by atoms with E-state index in [0.29, 0.717) is 0 Å². The molecule has 5 nitrogen and oxygen atoms in total. The Morgan fingerprint density at radius 2 is 2.06 bits per heavy atom. The van der Waals surface area contributed by atoms with Gasteiger partial charge in [-0.15, -0.1) is 0 Å². The van der Waals surface area contributed by atoms with E-state index in [1.807, 2.05) is 0 Å². The van der Waals surface area contributed by atoms with Gasteiger partial charge in [-0.25, -0.2) is 0 Å². The molecule has 0 bridgehead atoms. The maximum absolute atomic E-state index is 5.29. The van der Waals surface area contributed by atoms with Crippen molar-refractivity contribution in [3.63, 3.8) is 0 Å². The number of hydrogen-bond acceptors (Lipinski definition) is 5. The third-order valence-corrected chi connectivity index (χ3v) is 3.88. The van der Waals surface area contributed by atoms with E-state index < -0.39 is 0 Å². The van der Waals surface area contributed by atoms with Crippen LogP contribution in [0, 0.1) is 5.92 Å². The summed E-state index contributed by atoms with van der Waals surface area (Å²) in [5.74, 6) is 2.03. The van der Waals surface area contributed by atoms with Crippen LogP contribution in [0.2, 0.25) is 0 Å². The van der Waals surface area contributed by atoms with Crippen LogP contribution in [0.1, 0.15) is 25.7 Å². The summed E-state index contributed by atoms with van der Waals surface area (Å²) in [5.41, 5.74) is 0. The van der Waals surface area contributed by atoms with Gasteiger partial charge >= 0.3 is 0 Å². The van der Waals surface area contributed by atoms with E-state index in [-0.39, 0.29) is 6.41 Å². The Bertz CT molecular complexity index is 271. The highest BCUT2D eigenvalue weighted by atomic mass is 16.7. The van der Waals surface area contributed by atoms with Crippen LogP contribution in [-0.2, 0) is 9.47 Å². The fraction of sp³-hybridized carbons (Fsp3) is 0.923. The van der Waals surface area contributed by atoms with E-state index in [1.54, 1.807) is 14.2 Å². The van der Waals surface area contributed by atoms with E-state index in [0.717, 1.165) is 38.5 Å². The van der Waals surface area contributed by atoms with Gasteiger partial charge in [-0.05, 0) is 25.2 Å². The number of piperidine rings is 1. The highest BCUT2D eigenvalue weighted by molar-refractivity contribution is 5.83. The number of hydrogen-bond donors (Lipinski definition) is 1. The van der Waals surface area contributed by atoms with E-state index in [1.165, 1.54) is 25.1 Å². The minimum atomic E-state index is -0.174. The second-order valence-corrected chi connectivity index (χ2v) is 5.05. The minimum absolute atomic E-state index is 0.174. The van der Waals surface area contributed by atoms with E-state index >= 15 is 0 Å². The van der Waals surface area contributed by atoms with Crippen LogP contribution >= 0.6 is 0 Å². The first-order valence-electron chi connectivity index (χ1n) is 6.90. The first-order chi connectivity index (χ1) is 8.83. The van der Waals surface area contributed by atoms with Crippen molar-refractivity contribution in [1.29, 1.82) is 0 Å². The summed E-state index contributed by atoms with van der Waals surface area (Å²) in [6.45, 7) is 4.11. The predicted octanol–water partition coefficient (Wildman–Crippen LogP) is 1.06. The van der Waals surface area contributed by atoms with Gasteiger partial charge < -0.3 is 14.8 Å². The zero-order valence-corrected chi connectivity index (χ0v) is 11.5. The first-order valence-corrected chi connectivity index (χ1v) is 6.90. The Hall–Kier alpha value is -0.650. The minimum Gasteiger partial charge on any atom is -0.372 e. The van der Waals surface area contributed by atoms with Gasteiger partial charge in [-0.3, -0.25) is 9.89 Å². The highest BCUT2D eigenvalue weighted by Gasteiger charge is 2.24. The van der Waals surface area contributed by atoms with Gasteiger partial charge in [0.15, 0.2) is 0 Å². The van der Waals surface area contributed by atoms with Crippen molar-refractivity contribution in [3.05, 3.63) is 0 Å².